The summed E-state index contributed by atoms with van der Waals surface area (Å²) in [6.45, 7) is 1.31. The number of carboxylic acids is 1. The third-order valence-corrected chi connectivity index (χ3v) is 4.48. The van der Waals surface area contributed by atoms with E-state index in [9.17, 15) is 9.90 Å². The van der Waals surface area contributed by atoms with E-state index in [0.717, 1.165) is 30.2 Å². The molecule has 0 bridgehead atoms. The fourth-order valence-corrected chi connectivity index (χ4v) is 3.07. The average Bonchev–Trinajstić information content (AvgIpc) is 3.22. The molecule has 2 heterocycles. The number of rotatable bonds is 6. The molecule has 0 amide bonds. The highest BCUT2D eigenvalue weighted by atomic mass is 32.2. The first-order chi connectivity index (χ1) is 11.2. The molecule has 1 aliphatic heterocycles. The SMILES string of the molecule is CSCCc1nc(C2CCOC2)n(-c2ccccc2C(=O)O)n1. The Labute approximate surface area is 138 Å². The molecule has 1 N–H and O–H groups in total. The number of aromatic carboxylic acids is 1. The summed E-state index contributed by atoms with van der Waals surface area (Å²) >= 11 is 1.74. The van der Waals surface area contributed by atoms with Crippen LogP contribution >= 0.6 is 11.8 Å². The zero-order chi connectivity index (χ0) is 16.2. The van der Waals surface area contributed by atoms with Crippen molar-refractivity contribution in [2.75, 3.05) is 25.2 Å². The Hall–Kier alpha value is -1.86. The monoisotopic (exact) mass is 333 g/mol. The second kappa shape index (κ2) is 7.14. The van der Waals surface area contributed by atoms with Crippen LogP contribution in [-0.4, -0.2) is 51.1 Å². The average molecular weight is 333 g/mol. The van der Waals surface area contributed by atoms with Crippen molar-refractivity contribution >= 4 is 17.7 Å². The predicted octanol–water partition coefficient (Wildman–Crippen LogP) is 2.37. The lowest BCUT2D eigenvalue weighted by molar-refractivity contribution is 0.0696. The van der Waals surface area contributed by atoms with Crippen molar-refractivity contribution in [3.63, 3.8) is 0 Å². The Morgan fingerprint density at radius 2 is 2.30 bits per heavy atom. The van der Waals surface area contributed by atoms with Gasteiger partial charge in [0, 0.05) is 24.7 Å². The molecule has 1 aromatic heterocycles. The molecule has 3 rings (SSSR count). The summed E-state index contributed by atoms with van der Waals surface area (Å²) in [7, 11) is 0. The number of benzene rings is 1. The van der Waals surface area contributed by atoms with Crippen LogP contribution in [0.1, 0.15) is 34.3 Å². The number of nitrogens with zero attached hydrogens (tertiary/aromatic N) is 3. The van der Waals surface area contributed by atoms with E-state index in [2.05, 4.69) is 10.1 Å². The molecule has 0 saturated carbocycles. The molecule has 0 aliphatic carbocycles. The minimum absolute atomic E-state index is 0.160. The topological polar surface area (TPSA) is 77.2 Å². The van der Waals surface area contributed by atoms with E-state index >= 15 is 0 Å². The molecule has 1 unspecified atom stereocenters. The number of carboxylic acid groups (broad SMARTS) is 1. The van der Waals surface area contributed by atoms with E-state index in [-0.39, 0.29) is 11.5 Å². The first-order valence-electron chi connectivity index (χ1n) is 7.56. The van der Waals surface area contributed by atoms with Crippen molar-refractivity contribution in [3.8, 4) is 5.69 Å². The summed E-state index contributed by atoms with van der Waals surface area (Å²) in [5.41, 5.74) is 0.791. The van der Waals surface area contributed by atoms with Gasteiger partial charge >= 0.3 is 5.97 Å². The van der Waals surface area contributed by atoms with E-state index in [0.29, 0.717) is 18.9 Å². The Morgan fingerprint density at radius 3 is 3.00 bits per heavy atom. The lowest BCUT2D eigenvalue weighted by Crippen LogP contribution is -2.12. The lowest BCUT2D eigenvalue weighted by Gasteiger charge is -2.11. The Bertz CT molecular complexity index is 696. The van der Waals surface area contributed by atoms with Gasteiger partial charge in [0.2, 0.25) is 0 Å². The molecule has 1 saturated heterocycles. The first-order valence-corrected chi connectivity index (χ1v) is 8.95. The standard InChI is InChI=1S/C16H19N3O3S/c1-23-9-7-14-17-15(11-6-8-22-10-11)19(18-14)13-5-3-2-4-12(13)16(20)21/h2-5,11H,6-10H2,1H3,(H,20,21). The van der Waals surface area contributed by atoms with Crippen LogP contribution in [0.15, 0.2) is 24.3 Å². The zero-order valence-electron chi connectivity index (χ0n) is 12.9. The maximum atomic E-state index is 11.5. The Morgan fingerprint density at radius 1 is 1.48 bits per heavy atom. The molecule has 0 radical (unpaired) electrons. The summed E-state index contributed by atoms with van der Waals surface area (Å²) < 4.78 is 7.16. The van der Waals surface area contributed by atoms with Crippen molar-refractivity contribution < 1.29 is 14.6 Å². The zero-order valence-corrected chi connectivity index (χ0v) is 13.8. The fourth-order valence-electron chi connectivity index (χ4n) is 2.69. The molecule has 1 fully saturated rings. The largest absolute Gasteiger partial charge is 0.478 e. The van der Waals surface area contributed by atoms with E-state index in [1.165, 1.54) is 0 Å². The predicted molar refractivity (Wildman–Crippen MR) is 88.6 cm³/mol. The van der Waals surface area contributed by atoms with Gasteiger partial charge in [0.25, 0.3) is 0 Å². The molecule has 1 atom stereocenters. The molecule has 1 aromatic carbocycles. The minimum Gasteiger partial charge on any atom is -0.478 e. The number of hydrogen-bond donors (Lipinski definition) is 1. The van der Waals surface area contributed by atoms with Crippen LogP contribution in [0.2, 0.25) is 0 Å². The van der Waals surface area contributed by atoms with Gasteiger partial charge < -0.3 is 9.84 Å². The van der Waals surface area contributed by atoms with E-state index in [4.69, 9.17) is 4.74 Å². The highest BCUT2D eigenvalue weighted by molar-refractivity contribution is 7.98. The molecule has 23 heavy (non-hydrogen) atoms. The number of para-hydroxylation sites is 1. The number of carbonyl (C=O) groups is 1. The van der Waals surface area contributed by atoms with Gasteiger partial charge in [-0.1, -0.05) is 12.1 Å². The summed E-state index contributed by atoms with van der Waals surface area (Å²) in [5, 5.41) is 14.0. The normalized spacial score (nSPS) is 17.5. The number of ether oxygens (including phenoxy) is 1. The van der Waals surface area contributed by atoms with Gasteiger partial charge in [0.15, 0.2) is 5.82 Å². The van der Waals surface area contributed by atoms with Gasteiger partial charge in [-0.05, 0) is 24.8 Å². The first kappa shape index (κ1) is 16.0. The van der Waals surface area contributed by atoms with Crippen molar-refractivity contribution in [1.29, 1.82) is 0 Å². The lowest BCUT2D eigenvalue weighted by atomic mass is 10.1. The van der Waals surface area contributed by atoms with Crippen LogP contribution < -0.4 is 0 Å². The molecule has 0 spiro atoms. The second-order valence-electron chi connectivity index (χ2n) is 5.42. The van der Waals surface area contributed by atoms with Crippen LogP contribution in [0, 0.1) is 0 Å². The van der Waals surface area contributed by atoms with Crippen molar-refractivity contribution in [2.24, 2.45) is 0 Å². The van der Waals surface area contributed by atoms with E-state index in [1.807, 2.05) is 12.3 Å². The van der Waals surface area contributed by atoms with Gasteiger partial charge in [0.1, 0.15) is 5.82 Å². The van der Waals surface area contributed by atoms with Gasteiger partial charge in [-0.2, -0.15) is 16.9 Å². The quantitative estimate of drug-likeness (QED) is 0.874. The highest BCUT2D eigenvalue weighted by Crippen LogP contribution is 2.27. The van der Waals surface area contributed by atoms with Gasteiger partial charge in [-0.15, -0.1) is 0 Å². The Balaban J connectivity index is 2.06. The highest BCUT2D eigenvalue weighted by Gasteiger charge is 2.26. The molecule has 6 nitrogen and oxygen atoms in total. The number of thioether (sulfide) groups is 1. The summed E-state index contributed by atoms with van der Waals surface area (Å²) in [4.78, 5) is 16.2. The molecule has 7 heteroatoms. The van der Waals surface area contributed by atoms with E-state index in [1.54, 1.807) is 34.6 Å². The molecule has 1 aliphatic rings. The van der Waals surface area contributed by atoms with Crippen LogP contribution in [0.4, 0.5) is 0 Å². The third-order valence-electron chi connectivity index (χ3n) is 3.86. The van der Waals surface area contributed by atoms with Crippen LogP contribution in [0.3, 0.4) is 0 Å². The van der Waals surface area contributed by atoms with E-state index < -0.39 is 5.97 Å². The van der Waals surface area contributed by atoms with Crippen LogP contribution in [-0.2, 0) is 11.2 Å². The third kappa shape index (κ3) is 3.40. The molecule has 122 valence electrons. The molecular formula is C16H19N3O3S. The number of aromatic nitrogens is 3. The summed E-state index contributed by atoms with van der Waals surface area (Å²) in [6, 6.07) is 6.91. The summed E-state index contributed by atoms with van der Waals surface area (Å²) in [6.07, 6.45) is 3.70. The number of hydrogen-bond acceptors (Lipinski definition) is 5. The Kier molecular flexibility index (Phi) is 4.97. The van der Waals surface area contributed by atoms with Gasteiger partial charge in [0.05, 0.1) is 17.9 Å². The van der Waals surface area contributed by atoms with Crippen molar-refractivity contribution in [2.45, 2.75) is 18.8 Å². The smallest absolute Gasteiger partial charge is 0.337 e. The molecule has 2 aromatic rings. The van der Waals surface area contributed by atoms with Crippen molar-refractivity contribution in [1.82, 2.24) is 14.8 Å². The van der Waals surface area contributed by atoms with Crippen LogP contribution in [0.25, 0.3) is 5.69 Å². The van der Waals surface area contributed by atoms with Crippen molar-refractivity contribution in [3.05, 3.63) is 41.5 Å². The van der Waals surface area contributed by atoms with Gasteiger partial charge in [-0.3, -0.25) is 0 Å². The van der Waals surface area contributed by atoms with Crippen LogP contribution in [0.5, 0.6) is 0 Å². The number of aryl methyl sites for hydroxylation is 1. The maximum Gasteiger partial charge on any atom is 0.337 e. The molecular weight excluding hydrogens is 314 g/mol. The maximum absolute atomic E-state index is 11.5. The fraction of sp³-hybridized carbons (Fsp3) is 0.438. The second-order valence-corrected chi connectivity index (χ2v) is 6.41. The minimum atomic E-state index is -0.963. The summed E-state index contributed by atoms with van der Waals surface area (Å²) in [5.74, 6) is 1.68. The van der Waals surface area contributed by atoms with Gasteiger partial charge in [-0.25, -0.2) is 14.5 Å².